The lowest BCUT2D eigenvalue weighted by atomic mass is 9.85. The van der Waals surface area contributed by atoms with Crippen molar-refractivity contribution >= 4 is 56.6 Å². The topological polar surface area (TPSA) is 160 Å². The van der Waals surface area contributed by atoms with Gasteiger partial charge in [-0.05, 0) is 66.1 Å². The predicted octanol–water partition coefficient (Wildman–Crippen LogP) is 7.56. The number of benzene rings is 4. The molecule has 3 heterocycles. The molecule has 4 aromatic carbocycles. The van der Waals surface area contributed by atoms with Crippen molar-refractivity contribution in [3.63, 3.8) is 0 Å². The second kappa shape index (κ2) is 19.9. The third-order valence-corrected chi connectivity index (χ3v) is 9.41. The highest BCUT2D eigenvalue weighted by molar-refractivity contribution is 7.85. The van der Waals surface area contributed by atoms with E-state index < -0.39 is 33.1 Å². The summed E-state index contributed by atoms with van der Waals surface area (Å²) in [7, 11) is -4.25. The molecule has 1 spiro atoms. The van der Waals surface area contributed by atoms with Crippen LogP contribution in [-0.2, 0) is 53.9 Å². The molecule has 284 valence electrons. The number of oxime groups is 1. The van der Waals surface area contributed by atoms with E-state index in [9.17, 15) is 22.2 Å². The van der Waals surface area contributed by atoms with Crippen LogP contribution < -0.4 is 10.1 Å². The van der Waals surface area contributed by atoms with Crippen molar-refractivity contribution in [3.8, 4) is 5.75 Å². The molecule has 1 fully saturated rings. The van der Waals surface area contributed by atoms with Gasteiger partial charge in [-0.1, -0.05) is 97.7 Å². The summed E-state index contributed by atoms with van der Waals surface area (Å²) in [6.45, 7) is 9.99. The zero-order chi connectivity index (χ0) is 39.2. The molecule has 1 N–H and O–H groups in total. The Kier molecular flexibility index (Phi) is 16.3. The lowest BCUT2D eigenvalue weighted by molar-refractivity contribution is -0.134. The standard InChI is InChI=1S/C20H17Cl2FN2O2.C9H10O2.C6H6O3S.C2H6.O2S/c1-19(13-5-15(21)18(23)16(22)6-13)7-17(25-27-19)11-2-3-14-12(4-11)8-26-20(14)9-24-10-20;1-2-9(10)11-8-6-4-3-5-7-8;7-10(8,9)6-4-2-1-3-5-6;1-2;1-3-2/h2-6,24H,7-10H2,1H3;3-7H,2H2,1H3;1-5H,(H,7,8,9);1-2H3;/t19-;;;;/m0..../s1. The normalized spacial score (nSPS) is 17.2. The molecular formula is C37H39Cl2FN2O9S2. The molecule has 4 aromatic rings. The highest BCUT2D eigenvalue weighted by Gasteiger charge is 2.45. The average Bonchev–Trinajstić information content (AvgIpc) is 3.74. The Bertz CT molecular complexity index is 2010. The molecule has 0 bridgehead atoms. The van der Waals surface area contributed by atoms with Gasteiger partial charge in [0.05, 0.1) is 27.3 Å². The van der Waals surface area contributed by atoms with E-state index in [1.165, 1.54) is 35.4 Å². The molecule has 53 heavy (non-hydrogen) atoms. The maximum absolute atomic E-state index is 13.7. The maximum atomic E-state index is 13.7. The van der Waals surface area contributed by atoms with E-state index in [1.807, 2.05) is 39.0 Å². The molecule has 0 amide bonds. The van der Waals surface area contributed by atoms with Crippen LogP contribution in [0.2, 0.25) is 10.0 Å². The van der Waals surface area contributed by atoms with Gasteiger partial charge in [0.1, 0.15) is 21.5 Å². The van der Waals surface area contributed by atoms with Crippen molar-refractivity contribution < 1.29 is 46.3 Å². The van der Waals surface area contributed by atoms with Crippen LogP contribution in [0.1, 0.15) is 64.2 Å². The first-order chi connectivity index (χ1) is 25.2. The number of hydrogen-bond donors (Lipinski definition) is 1. The van der Waals surface area contributed by atoms with Gasteiger partial charge in [-0.15, -0.1) is 0 Å². The first kappa shape index (κ1) is 43.4. The first-order valence-corrected chi connectivity index (χ1v) is 19.2. The Morgan fingerprint density at radius 2 is 1.57 bits per heavy atom. The fourth-order valence-electron chi connectivity index (χ4n) is 5.26. The Labute approximate surface area is 323 Å². The van der Waals surface area contributed by atoms with E-state index in [0.717, 1.165) is 24.4 Å². The molecule has 3 aliphatic rings. The lowest BCUT2D eigenvalue weighted by Gasteiger charge is -2.39. The van der Waals surface area contributed by atoms with Crippen LogP contribution in [0, 0.1) is 5.82 Å². The zero-order valence-corrected chi connectivity index (χ0v) is 32.4. The Balaban J connectivity index is 0.000000310. The summed E-state index contributed by atoms with van der Waals surface area (Å²) in [6, 6.07) is 25.7. The van der Waals surface area contributed by atoms with Crippen LogP contribution in [0.4, 0.5) is 4.39 Å². The number of hydrogen-bond acceptors (Lipinski definition) is 11. The van der Waals surface area contributed by atoms with Crippen molar-refractivity contribution in [3.05, 3.63) is 129 Å². The summed E-state index contributed by atoms with van der Waals surface area (Å²) in [5.74, 6) is -0.210. The van der Waals surface area contributed by atoms with Gasteiger partial charge in [-0.25, -0.2) is 12.8 Å². The third kappa shape index (κ3) is 11.5. The molecule has 7 rings (SSSR count). The van der Waals surface area contributed by atoms with E-state index in [2.05, 4.69) is 28.7 Å². The van der Waals surface area contributed by atoms with Crippen LogP contribution in [0.5, 0.6) is 5.75 Å². The van der Waals surface area contributed by atoms with Crippen LogP contribution in [0.3, 0.4) is 0 Å². The summed E-state index contributed by atoms with van der Waals surface area (Å²) >= 11 is 11.2. The Morgan fingerprint density at radius 3 is 2.06 bits per heavy atom. The number of para-hydroxylation sites is 1. The molecule has 0 aliphatic carbocycles. The van der Waals surface area contributed by atoms with Gasteiger partial charge in [0.2, 0.25) is 0 Å². The number of halogens is 3. The predicted molar refractivity (Wildman–Crippen MR) is 200 cm³/mol. The summed E-state index contributed by atoms with van der Waals surface area (Å²) in [4.78, 5) is 16.3. The molecule has 0 saturated carbocycles. The fraction of sp³-hybridized carbons (Fsp3) is 0.297. The monoisotopic (exact) mass is 808 g/mol. The van der Waals surface area contributed by atoms with E-state index in [-0.39, 0.29) is 27.9 Å². The summed E-state index contributed by atoms with van der Waals surface area (Å²) in [5.41, 5.74) is 4.08. The second-order valence-electron chi connectivity index (χ2n) is 11.5. The van der Waals surface area contributed by atoms with E-state index in [0.29, 0.717) is 30.8 Å². The van der Waals surface area contributed by atoms with Crippen LogP contribution in [0.25, 0.3) is 0 Å². The summed E-state index contributed by atoms with van der Waals surface area (Å²) in [6.07, 6.45) is 0.951. The number of esters is 1. The third-order valence-electron chi connectivity index (χ3n) is 8.01. The molecule has 1 saturated heterocycles. The molecule has 0 unspecified atom stereocenters. The summed E-state index contributed by atoms with van der Waals surface area (Å²) in [5, 5.41) is 7.53. The smallest absolute Gasteiger partial charge is 0.744 e. The van der Waals surface area contributed by atoms with E-state index in [1.54, 1.807) is 37.3 Å². The van der Waals surface area contributed by atoms with Crippen molar-refractivity contribution in [2.45, 2.75) is 63.2 Å². The molecule has 16 heteroatoms. The Morgan fingerprint density at radius 1 is 1.00 bits per heavy atom. The molecule has 0 radical (unpaired) electrons. The number of fused-ring (bicyclic) bond motifs is 2. The fourth-order valence-corrected chi connectivity index (χ4v) is 6.24. The highest BCUT2D eigenvalue weighted by atomic mass is 35.5. The van der Waals surface area contributed by atoms with Crippen LogP contribution >= 0.6 is 23.2 Å². The van der Waals surface area contributed by atoms with Gasteiger partial charge in [-0.2, -0.15) is 8.42 Å². The molecule has 3 aliphatic heterocycles. The number of nitrogens with zero attached hydrogens (tertiary/aromatic N) is 1. The van der Waals surface area contributed by atoms with Crippen molar-refractivity contribution in [1.29, 1.82) is 0 Å². The summed E-state index contributed by atoms with van der Waals surface area (Å²) < 4.78 is 72.1. The van der Waals surface area contributed by atoms with Gasteiger partial charge in [-0.3, -0.25) is 4.79 Å². The van der Waals surface area contributed by atoms with Gasteiger partial charge < -0.3 is 24.2 Å². The quantitative estimate of drug-likeness (QED) is 0.0922. The minimum atomic E-state index is -4.25. The number of carbonyl (C=O) groups excluding carboxylic acids is 1. The number of carbonyl (C=O) groups is 1. The zero-order valence-electron chi connectivity index (χ0n) is 30.3. The highest BCUT2D eigenvalue weighted by Crippen LogP contribution is 2.42. The van der Waals surface area contributed by atoms with Crippen molar-refractivity contribution in [2.75, 3.05) is 13.1 Å². The molecular weight excluding hydrogens is 770 g/mol. The van der Waals surface area contributed by atoms with Gasteiger partial charge in [0.15, 0.2) is 11.4 Å². The largest absolute Gasteiger partial charge is 1.00 e. The molecule has 1 atom stereocenters. The average molecular weight is 810 g/mol. The van der Waals surface area contributed by atoms with Crippen molar-refractivity contribution in [2.24, 2.45) is 5.16 Å². The van der Waals surface area contributed by atoms with Crippen molar-refractivity contribution in [1.82, 2.24) is 5.32 Å². The maximum Gasteiger partial charge on any atom is 1.00 e. The molecule has 0 aromatic heterocycles. The first-order valence-electron chi connectivity index (χ1n) is 16.3. The minimum absolute atomic E-state index is 0. The Hall–Kier alpha value is -4.02. The minimum Gasteiger partial charge on any atom is -0.744 e. The van der Waals surface area contributed by atoms with Gasteiger partial charge >= 0.3 is 19.0 Å². The van der Waals surface area contributed by atoms with Gasteiger partial charge in [0, 0.05) is 31.5 Å². The number of nitrogens with one attached hydrogen (secondary N) is 1. The molecule has 11 nitrogen and oxygen atoms in total. The lowest BCUT2D eigenvalue weighted by Crippen LogP contribution is -2.56. The SMILES string of the molecule is CC.CCC(=O)Oc1ccccc1.C[C@@]1(c2cc(Cl)c(F)c(Cl)c2)CC(c2ccc3c(c2)COC32CNC2)=NO1.O=S(=O)([O-])c1ccccc1.O=S=O.[H+]. The number of ether oxygens (including phenoxy) is 2. The number of rotatable bonds is 5. The van der Waals surface area contributed by atoms with E-state index in [4.69, 9.17) is 45.9 Å². The van der Waals surface area contributed by atoms with Crippen LogP contribution in [0.15, 0.2) is 101 Å². The van der Waals surface area contributed by atoms with Crippen LogP contribution in [-0.4, -0.2) is 46.2 Å². The second-order valence-corrected chi connectivity index (χ2v) is 13.9. The van der Waals surface area contributed by atoms with Gasteiger partial charge in [0.25, 0.3) is 0 Å². The van der Waals surface area contributed by atoms with E-state index >= 15 is 0 Å².